The van der Waals surface area contributed by atoms with Gasteiger partial charge >= 0.3 is 6.18 Å². The largest absolute Gasteiger partial charge is 0.416 e. The molecule has 0 aliphatic carbocycles. The van der Waals surface area contributed by atoms with E-state index in [1.807, 2.05) is 13.1 Å². The maximum atomic E-state index is 12.4. The van der Waals surface area contributed by atoms with Gasteiger partial charge in [-0.3, -0.25) is 0 Å². The van der Waals surface area contributed by atoms with E-state index in [4.69, 9.17) is 11.6 Å². The first-order chi connectivity index (χ1) is 6.77. The van der Waals surface area contributed by atoms with Crippen molar-refractivity contribution in [3.63, 3.8) is 0 Å². The molecular weight excluding hydrogens is 241 g/mol. The van der Waals surface area contributed by atoms with Gasteiger partial charge in [-0.1, -0.05) is 42.5 Å². The van der Waals surface area contributed by atoms with Crippen molar-refractivity contribution in [2.45, 2.75) is 19.3 Å². The molecule has 0 aliphatic heterocycles. The monoisotopic (exact) mass is 252 g/mol. The lowest BCUT2D eigenvalue weighted by atomic mass is 10.2. The minimum Gasteiger partial charge on any atom is -0.166 e. The van der Waals surface area contributed by atoms with Crippen LogP contribution >= 0.6 is 11.6 Å². The van der Waals surface area contributed by atoms with E-state index in [0.717, 1.165) is 11.3 Å². The Morgan fingerprint density at radius 1 is 1.27 bits per heavy atom. The number of alkyl halides is 4. The molecule has 0 radical (unpaired) electrons. The number of hydrogen-bond acceptors (Lipinski definition) is 0. The van der Waals surface area contributed by atoms with E-state index >= 15 is 0 Å². The minimum atomic E-state index is -4.27. The van der Waals surface area contributed by atoms with Crippen molar-refractivity contribution in [2.24, 2.45) is 0 Å². The lowest BCUT2D eigenvalue weighted by Crippen LogP contribution is -2.44. The molecule has 84 valence electrons. The predicted octanol–water partition coefficient (Wildman–Crippen LogP) is 3.40. The smallest absolute Gasteiger partial charge is 0.166 e. The zero-order valence-corrected chi connectivity index (χ0v) is 10.3. The SMILES string of the molecule is C[Si](C)(CCl)c1cccc(C(F)(F)F)c1. The number of halogens is 4. The van der Waals surface area contributed by atoms with E-state index in [1.165, 1.54) is 12.1 Å². The van der Waals surface area contributed by atoms with Gasteiger partial charge in [-0.05, 0) is 0 Å². The number of rotatable bonds is 2. The highest BCUT2D eigenvalue weighted by Gasteiger charge is 2.32. The highest BCUT2D eigenvalue weighted by molar-refractivity contribution is 6.94. The van der Waals surface area contributed by atoms with E-state index in [0.29, 0.717) is 5.50 Å². The summed E-state index contributed by atoms with van der Waals surface area (Å²) in [6.07, 6.45) is -4.27. The van der Waals surface area contributed by atoms with Crippen molar-refractivity contribution in [1.29, 1.82) is 0 Å². The molecule has 0 fully saturated rings. The Morgan fingerprint density at radius 2 is 1.87 bits per heavy atom. The summed E-state index contributed by atoms with van der Waals surface area (Å²) in [7, 11) is -1.90. The van der Waals surface area contributed by atoms with Crippen molar-refractivity contribution in [3.8, 4) is 0 Å². The molecule has 0 amide bonds. The Morgan fingerprint density at radius 3 is 2.33 bits per heavy atom. The van der Waals surface area contributed by atoms with Crippen LogP contribution in [0.1, 0.15) is 5.56 Å². The second-order valence-electron chi connectivity index (χ2n) is 4.10. The quantitative estimate of drug-likeness (QED) is 0.559. The van der Waals surface area contributed by atoms with Crippen molar-refractivity contribution in [3.05, 3.63) is 29.8 Å². The highest BCUT2D eigenvalue weighted by atomic mass is 35.5. The Bertz CT molecular complexity index is 347. The van der Waals surface area contributed by atoms with E-state index < -0.39 is 19.8 Å². The Labute approximate surface area is 93.1 Å². The van der Waals surface area contributed by atoms with Crippen molar-refractivity contribution in [1.82, 2.24) is 0 Å². The number of hydrogen-bond donors (Lipinski definition) is 0. The third kappa shape index (κ3) is 2.98. The van der Waals surface area contributed by atoms with Crippen LogP contribution in [0.3, 0.4) is 0 Å². The molecule has 1 aromatic carbocycles. The molecule has 1 rings (SSSR count). The molecule has 0 saturated carbocycles. The van der Waals surface area contributed by atoms with Gasteiger partial charge in [-0.2, -0.15) is 13.2 Å². The van der Waals surface area contributed by atoms with Crippen LogP contribution < -0.4 is 5.19 Å². The van der Waals surface area contributed by atoms with Crippen molar-refractivity contribution >= 4 is 24.9 Å². The molecule has 0 spiro atoms. The van der Waals surface area contributed by atoms with Gasteiger partial charge in [0.2, 0.25) is 0 Å². The van der Waals surface area contributed by atoms with E-state index in [2.05, 4.69) is 0 Å². The van der Waals surface area contributed by atoms with Crippen LogP contribution in [-0.4, -0.2) is 13.6 Å². The van der Waals surface area contributed by atoms with Crippen LogP contribution in [0, 0.1) is 0 Å². The molecule has 0 N–H and O–H groups in total. The van der Waals surface area contributed by atoms with Crippen LogP contribution in [-0.2, 0) is 6.18 Å². The van der Waals surface area contributed by atoms with Crippen LogP contribution in [0.25, 0.3) is 0 Å². The van der Waals surface area contributed by atoms with E-state index in [1.54, 1.807) is 6.07 Å². The maximum Gasteiger partial charge on any atom is 0.416 e. The van der Waals surface area contributed by atoms with Crippen molar-refractivity contribution in [2.75, 3.05) is 5.50 Å². The predicted molar refractivity (Wildman–Crippen MR) is 59.3 cm³/mol. The molecule has 0 heterocycles. The van der Waals surface area contributed by atoms with Gasteiger partial charge in [0.05, 0.1) is 13.6 Å². The summed E-state index contributed by atoms with van der Waals surface area (Å²) in [6, 6.07) is 5.47. The summed E-state index contributed by atoms with van der Waals surface area (Å²) in [4.78, 5) is 0. The summed E-state index contributed by atoms with van der Waals surface area (Å²) in [6.45, 7) is 3.91. The third-order valence-electron chi connectivity index (χ3n) is 2.31. The molecule has 0 nitrogen and oxygen atoms in total. The molecule has 0 atom stereocenters. The zero-order valence-electron chi connectivity index (χ0n) is 8.53. The summed E-state index contributed by atoms with van der Waals surface area (Å²) in [5, 5.41) is 0.743. The number of benzene rings is 1. The standard InChI is InChI=1S/C10H12ClF3Si/c1-15(2,7-11)9-5-3-4-8(6-9)10(12,13)14/h3-6H,7H2,1-2H3. The second-order valence-corrected chi connectivity index (χ2v) is 9.51. The average molecular weight is 253 g/mol. The first-order valence-corrected chi connectivity index (χ1v) is 8.25. The molecule has 0 saturated heterocycles. The fourth-order valence-corrected chi connectivity index (χ4v) is 2.90. The first-order valence-electron chi connectivity index (χ1n) is 4.51. The molecule has 1 aromatic rings. The van der Waals surface area contributed by atoms with Gasteiger partial charge in [0, 0.05) is 5.50 Å². The summed E-state index contributed by atoms with van der Waals surface area (Å²) in [5.41, 5.74) is -0.167. The van der Waals surface area contributed by atoms with Crippen LogP contribution in [0.2, 0.25) is 13.1 Å². The van der Waals surface area contributed by atoms with E-state index in [9.17, 15) is 13.2 Å². The maximum absolute atomic E-state index is 12.4. The lowest BCUT2D eigenvalue weighted by Gasteiger charge is -2.20. The Hall–Kier alpha value is -0.483. The summed E-state index contributed by atoms with van der Waals surface area (Å²) >= 11 is 5.77. The van der Waals surface area contributed by atoms with Crippen LogP contribution in [0.4, 0.5) is 13.2 Å². The molecule has 0 aromatic heterocycles. The van der Waals surface area contributed by atoms with Gasteiger partial charge in [0.15, 0.2) is 0 Å². The molecule has 5 heteroatoms. The van der Waals surface area contributed by atoms with E-state index in [-0.39, 0.29) is 0 Å². The molecule has 0 unspecified atom stereocenters. The molecule has 0 aliphatic rings. The summed E-state index contributed by atoms with van der Waals surface area (Å²) in [5.74, 6) is 0. The van der Waals surface area contributed by atoms with Gasteiger partial charge in [0.1, 0.15) is 0 Å². The van der Waals surface area contributed by atoms with Crippen LogP contribution in [0.5, 0.6) is 0 Å². The van der Waals surface area contributed by atoms with Gasteiger partial charge in [-0.25, -0.2) is 0 Å². The normalized spacial score (nSPS) is 12.9. The summed E-state index contributed by atoms with van der Waals surface area (Å²) < 4.78 is 37.3. The molecule has 15 heavy (non-hydrogen) atoms. The third-order valence-corrected chi connectivity index (χ3v) is 6.85. The van der Waals surface area contributed by atoms with Gasteiger partial charge in [0.25, 0.3) is 0 Å². The highest BCUT2D eigenvalue weighted by Crippen LogP contribution is 2.28. The zero-order chi connectivity index (χ0) is 11.7. The second kappa shape index (κ2) is 4.18. The minimum absolute atomic E-state index is 0.425. The lowest BCUT2D eigenvalue weighted by molar-refractivity contribution is -0.137. The Kier molecular flexibility index (Phi) is 3.50. The first kappa shape index (κ1) is 12.6. The van der Waals surface area contributed by atoms with Gasteiger partial charge in [-0.15, -0.1) is 11.6 Å². The van der Waals surface area contributed by atoms with Crippen molar-refractivity contribution < 1.29 is 13.2 Å². The molecular formula is C10H12ClF3Si. The average Bonchev–Trinajstić information content (AvgIpc) is 2.17. The molecule has 0 bridgehead atoms. The van der Waals surface area contributed by atoms with Gasteiger partial charge < -0.3 is 0 Å². The van der Waals surface area contributed by atoms with Crippen LogP contribution in [0.15, 0.2) is 24.3 Å². The topological polar surface area (TPSA) is 0 Å². The fraction of sp³-hybridized carbons (Fsp3) is 0.400. The Balaban J connectivity index is 3.14. The fourth-order valence-electron chi connectivity index (χ4n) is 1.19.